The van der Waals surface area contributed by atoms with Crippen LogP contribution in [0, 0.1) is 0 Å². The molecule has 0 radical (unpaired) electrons. The standard InChI is InChI=1S/C5H8O4/c1-3(5(8)9)2-4(6)7/h4,6-7H,1-2H2,(H,8,9). The van der Waals surface area contributed by atoms with Crippen LogP contribution < -0.4 is 0 Å². The van der Waals surface area contributed by atoms with Crippen LogP contribution in [0.15, 0.2) is 12.2 Å². The lowest BCUT2D eigenvalue weighted by molar-refractivity contribution is -0.134. The van der Waals surface area contributed by atoms with Crippen molar-refractivity contribution in [1.29, 1.82) is 0 Å². The van der Waals surface area contributed by atoms with Gasteiger partial charge in [-0.15, -0.1) is 0 Å². The van der Waals surface area contributed by atoms with Crippen molar-refractivity contribution in [3.63, 3.8) is 0 Å². The normalized spacial score (nSPS) is 9.67. The Morgan fingerprint density at radius 3 is 2.11 bits per heavy atom. The summed E-state index contributed by atoms with van der Waals surface area (Å²) in [5.74, 6) is -1.21. The first kappa shape index (κ1) is 8.13. The maximum absolute atomic E-state index is 9.91. The van der Waals surface area contributed by atoms with Gasteiger partial charge in [-0.25, -0.2) is 4.79 Å². The summed E-state index contributed by atoms with van der Waals surface area (Å²) in [5.41, 5.74) is -0.204. The van der Waals surface area contributed by atoms with E-state index in [4.69, 9.17) is 15.3 Å². The Hall–Kier alpha value is -0.870. The lowest BCUT2D eigenvalue weighted by atomic mass is 10.2. The SMILES string of the molecule is C=C(CC(O)O)C(=O)O. The lowest BCUT2D eigenvalue weighted by Gasteiger charge is -2.00. The topological polar surface area (TPSA) is 77.8 Å². The second-order valence-corrected chi connectivity index (χ2v) is 1.59. The van der Waals surface area contributed by atoms with Crippen LogP contribution in [-0.2, 0) is 4.79 Å². The van der Waals surface area contributed by atoms with Crippen molar-refractivity contribution in [2.24, 2.45) is 0 Å². The highest BCUT2D eigenvalue weighted by Crippen LogP contribution is 1.99. The van der Waals surface area contributed by atoms with E-state index in [0.717, 1.165) is 0 Å². The monoisotopic (exact) mass is 132 g/mol. The van der Waals surface area contributed by atoms with E-state index in [0.29, 0.717) is 0 Å². The summed E-state index contributed by atoms with van der Waals surface area (Å²) in [6, 6.07) is 0. The number of carboxylic acid groups (broad SMARTS) is 1. The van der Waals surface area contributed by atoms with E-state index in [1.54, 1.807) is 0 Å². The molecule has 3 N–H and O–H groups in total. The van der Waals surface area contributed by atoms with Crippen LogP contribution in [0.4, 0.5) is 0 Å². The summed E-state index contributed by atoms with van der Waals surface area (Å²) in [6.07, 6.45) is -1.93. The maximum atomic E-state index is 9.91. The van der Waals surface area contributed by atoms with Crippen LogP contribution in [0.5, 0.6) is 0 Å². The Bertz CT molecular complexity index is 127. The zero-order valence-corrected chi connectivity index (χ0v) is 4.74. The van der Waals surface area contributed by atoms with Gasteiger partial charge in [-0.2, -0.15) is 0 Å². The van der Waals surface area contributed by atoms with Crippen molar-refractivity contribution in [2.75, 3.05) is 0 Å². The van der Waals surface area contributed by atoms with Gasteiger partial charge in [0, 0.05) is 12.0 Å². The quantitative estimate of drug-likeness (QED) is 0.351. The van der Waals surface area contributed by atoms with Crippen LogP contribution in [0.2, 0.25) is 0 Å². The van der Waals surface area contributed by atoms with E-state index >= 15 is 0 Å². The minimum atomic E-state index is -1.62. The van der Waals surface area contributed by atoms with Gasteiger partial charge in [-0.05, 0) is 0 Å². The average Bonchev–Trinajstić information content (AvgIpc) is 1.63. The Balaban J connectivity index is 3.65. The lowest BCUT2D eigenvalue weighted by Crippen LogP contribution is -2.10. The number of rotatable bonds is 3. The van der Waals surface area contributed by atoms with Crippen molar-refractivity contribution >= 4 is 5.97 Å². The zero-order chi connectivity index (χ0) is 7.44. The molecule has 0 saturated heterocycles. The van der Waals surface area contributed by atoms with E-state index in [1.807, 2.05) is 0 Å². The van der Waals surface area contributed by atoms with Gasteiger partial charge in [0.25, 0.3) is 0 Å². The minimum absolute atomic E-state index is 0.204. The molecular formula is C5H8O4. The van der Waals surface area contributed by atoms with Gasteiger partial charge in [0.2, 0.25) is 0 Å². The van der Waals surface area contributed by atoms with Crippen LogP contribution in [0.3, 0.4) is 0 Å². The molecule has 0 fully saturated rings. The second-order valence-electron chi connectivity index (χ2n) is 1.59. The van der Waals surface area contributed by atoms with Gasteiger partial charge in [0.05, 0.1) is 0 Å². The van der Waals surface area contributed by atoms with Gasteiger partial charge in [0.1, 0.15) is 0 Å². The third-order valence-electron chi connectivity index (χ3n) is 0.731. The third kappa shape index (κ3) is 3.69. The number of aliphatic hydroxyl groups excluding tert-OH is 1. The van der Waals surface area contributed by atoms with Gasteiger partial charge in [0.15, 0.2) is 6.29 Å². The highest BCUT2D eigenvalue weighted by Gasteiger charge is 2.07. The van der Waals surface area contributed by atoms with E-state index in [1.165, 1.54) is 0 Å². The van der Waals surface area contributed by atoms with Gasteiger partial charge >= 0.3 is 5.97 Å². The summed E-state index contributed by atoms with van der Waals surface area (Å²) in [5, 5.41) is 24.5. The molecule has 0 aliphatic heterocycles. The molecular weight excluding hydrogens is 124 g/mol. The van der Waals surface area contributed by atoms with Crippen LogP contribution in [0.1, 0.15) is 6.42 Å². The summed E-state index contributed by atoms with van der Waals surface area (Å²) in [4.78, 5) is 9.91. The first-order chi connectivity index (χ1) is 4.04. The largest absolute Gasteiger partial charge is 0.478 e. The van der Waals surface area contributed by atoms with Gasteiger partial charge < -0.3 is 15.3 Å². The molecule has 4 heteroatoms. The highest BCUT2D eigenvalue weighted by molar-refractivity contribution is 5.85. The molecule has 9 heavy (non-hydrogen) atoms. The molecule has 0 aromatic rings. The minimum Gasteiger partial charge on any atom is -0.478 e. The van der Waals surface area contributed by atoms with Crippen molar-refractivity contribution < 1.29 is 20.1 Å². The van der Waals surface area contributed by atoms with Crippen molar-refractivity contribution in [3.05, 3.63) is 12.2 Å². The third-order valence-corrected chi connectivity index (χ3v) is 0.731. The number of aliphatic carboxylic acids is 1. The predicted octanol–water partition coefficient (Wildman–Crippen LogP) is -0.672. The summed E-state index contributed by atoms with van der Waals surface area (Å²) < 4.78 is 0. The summed E-state index contributed by atoms with van der Waals surface area (Å²) in [7, 11) is 0. The van der Waals surface area contributed by atoms with Crippen LogP contribution >= 0.6 is 0 Å². The molecule has 0 aromatic carbocycles. The first-order valence-corrected chi connectivity index (χ1v) is 2.31. The van der Waals surface area contributed by atoms with Crippen molar-refractivity contribution in [1.82, 2.24) is 0 Å². The molecule has 0 saturated carbocycles. The molecule has 52 valence electrons. The molecule has 0 heterocycles. The van der Waals surface area contributed by atoms with Gasteiger partial charge in [-0.1, -0.05) is 6.58 Å². The van der Waals surface area contributed by atoms with E-state index in [-0.39, 0.29) is 12.0 Å². The number of carboxylic acids is 1. The average molecular weight is 132 g/mol. The molecule has 0 aliphatic carbocycles. The molecule has 0 aromatic heterocycles. The van der Waals surface area contributed by atoms with Crippen LogP contribution in [-0.4, -0.2) is 27.6 Å². The Labute approximate surface area is 52.1 Å². The molecule has 4 nitrogen and oxygen atoms in total. The second kappa shape index (κ2) is 3.21. The number of hydrogen-bond donors (Lipinski definition) is 3. The van der Waals surface area contributed by atoms with Crippen molar-refractivity contribution in [2.45, 2.75) is 12.7 Å². The Kier molecular flexibility index (Phi) is 2.90. The molecule has 0 rings (SSSR count). The number of hydrogen-bond acceptors (Lipinski definition) is 3. The number of aliphatic hydroxyl groups is 2. The number of carbonyl (C=O) groups is 1. The molecule has 0 aliphatic rings. The van der Waals surface area contributed by atoms with E-state index < -0.39 is 12.3 Å². The molecule has 0 amide bonds. The van der Waals surface area contributed by atoms with E-state index in [9.17, 15) is 4.79 Å². The summed E-state index contributed by atoms with van der Waals surface area (Å²) in [6.45, 7) is 3.07. The van der Waals surface area contributed by atoms with Crippen LogP contribution in [0.25, 0.3) is 0 Å². The molecule has 0 unspecified atom stereocenters. The maximum Gasteiger partial charge on any atom is 0.331 e. The summed E-state index contributed by atoms with van der Waals surface area (Å²) >= 11 is 0. The molecule has 0 bridgehead atoms. The fraction of sp³-hybridized carbons (Fsp3) is 0.400. The Morgan fingerprint density at radius 1 is 1.56 bits per heavy atom. The van der Waals surface area contributed by atoms with Gasteiger partial charge in [-0.3, -0.25) is 0 Å². The fourth-order valence-electron chi connectivity index (χ4n) is 0.308. The zero-order valence-electron chi connectivity index (χ0n) is 4.74. The molecule has 0 atom stereocenters. The van der Waals surface area contributed by atoms with E-state index in [2.05, 4.69) is 6.58 Å². The van der Waals surface area contributed by atoms with Crippen molar-refractivity contribution in [3.8, 4) is 0 Å². The predicted molar refractivity (Wildman–Crippen MR) is 29.6 cm³/mol. The first-order valence-electron chi connectivity index (χ1n) is 2.31. The Morgan fingerprint density at radius 2 is 2.00 bits per heavy atom. The smallest absolute Gasteiger partial charge is 0.331 e. The highest BCUT2D eigenvalue weighted by atomic mass is 16.5. The molecule has 0 spiro atoms. The fourth-order valence-corrected chi connectivity index (χ4v) is 0.308.